The predicted molar refractivity (Wildman–Crippen MR) is 89.2 cm³/mol. The number of piperazine rings is 1. The summed E-state index contributed by atoms with van der Waals surface area (Å²) >= 11 is 6.11. The van der Waals surface area contributed by atoms with Crippen molar-refractivity contribution in [3.63, 3.8) is 0 Å². The van der Waals surface area contributed by atoms with Gasteiger partial charge in [-0.05, 0) is 37.5 Å². The molecule has 0 radical (unpaired) electrons. The zero-order valence-electron chi connectivity index (χ0n) is 13.4. The van der Waals surface area contributed by atoms with Crippen LogP contribution < -0.4 is 0 Å². The van der Waals surface area contributed by atoms with Gasteiger partial charge in [-0.3, -0.25) is 9.69 Å². The lowest BCUT2D eigenvalue weighted by molar-refractivity contribution is -0.133. The second-order valence-electron chi connectivity index (χ2n) is 6.11. The van der Waals surface area contributed by atoms with Gasteiger partial charge in [0.05, 0.1) is 6.10 Å². The zero-order chi connectivity index (χ0) is 16.1. The van der Waals surface area contributed by atoms with E-state index in [2.05, 4.69) is 4.90 Å². The number of aliphatic hydroxyl groups is 1. The number of hydrogen-bond acceptors (Lipinski definition) is 3. The molecule has 122 valence electrons. The predicted octanol–water partition coefficient (Wildman–Crippen LogP) is 2.11. The van der Waals surface area contributed by atoms with Crippen LogP contribution in [-0.4, -0.2) is 59.6 Å². The fraction of sp³-hybridized carbons (Fsp3) is 0.588. The SMILES string of the molecule is Cc1ccc(CCC(=O)N2CCN(CC(C)O)CC2)cc1Cl. The summed E-state index contributed by atoms with van der Waals surface area (Å²) in [6.45, 7) is 7.64. The molecular formula is C17H25ClN2O2. The van der Waals surface area contributed by atoms with E-state index in [4.69, 9.17) is 11.6 Å². The minimum Gasteiger partial charge on any atom is -0.392 e. The minimum absolute atomic E-state index is 0.202. The Morgan fingerprint density at radius 3 is 2.59 bits per heavy atom. The van der Waals surface area contributed by atoms with Gasteiger partial charge in [0, 0.05) is 44.2 Å². The highest BCUT2D eigenvalue weighted by atomic mass is 35.5. The van der Waals surface area contributed by atoms with Crippen molar-refractivity contribution in [3.05, 3.63) is 34.3 Å². The lowest BCUT2D eigenvalue weighted by Gasteiger charge is -2.35. The second kappa shape index (κ2) is 7.95. The molecule has 2 rings (SSSR count). The molecule has 0 saturated carbocycles. The highest BCUT2D eigenvalue weighted by molar-refractivity contribution is 6.31. The summed E-state index contributed by atoms with van der Waals surface area (Å²) in [5.41, 5.74) is 2.17. The summed E-state index contributed by atoms with van der Waals surface area (Å²) in [6, 6.07) is 5.98. The number of carbonyl (C=O) groups is 1. The van der Waals surface area contributed by atoms with E-state index in [9.17, 15) is 9.90 Å². The first-order valence-corrected chi connectivity index (χ1v) is 8.26. The molecule has 1 fully saturated rings. The molecule has 1 saturated heterocycles. The van der Waals surface area contributed by atoms with Crippen LogP contribution in [0.15, 0.2) is 18.2 Å². The molecular weight excluding hydrogens is 300 g/mol. The van der Waals surface area contributed by atoms with Crippen molar-refractivity contribution in [1.82, 2.24) is 9.80 Å². The van der Waals surface area contributed by atoms with Gasteiger partial charge in [0.1, 0.15) is 0 Å². The van der Waals surface area contributed by atoms with E-state index in [1.165, 1.54) is 0 Å². The standard InChI is InChI=1S/C17H25ClN2O2/c1-13-3-4-15(11-16(13)18)5-6-17(22)20-9-7-19(8-10-20)12-14(2)21/h3-4,11,14,21H,5-10,12H2,1-2H3. The van der Waals surface area contributed by atoms with E-state index >= 15 is 0 Å². The Balaban J connectivity index is 1.77. The molecule has 1 aromatic rings. The lowest BCUT2D eigenvalue weighted by Crippen LogP contribution is -2.50. The summed E-state index contributed by atoms with van der Waals surface area (Å²) in [5, 5.41) is 10.2. The van der Waals surface area contributed by atoms with E-state index < -0.39 is 0 Å². The van der Waals surface area contributed by atoms with Gasteiger partial charge < -0.3 is 10.0 Å². The number of rotatable bonds is 5. The number of hydrogen-bond donors (Lipinski definition) is 1. The molecule has 0 aliphatic carbocycles. The Morgan fingerprint density at radius 1 is 1.32 bits per heavy atom. The summed E-state index contributed by atoms with van der Waals surface area (Å²) in [5.74, 6) is 0.202. The van der Waals surface area contributed by atoms with Crippen molar-refractivity contribution in [2.45, 2.75) is 32.8 Å². The Morgan fingerprint density at radius 2 is 2.00 bits per heavy atom. The third-order valence-corrected chi connectivity index (χ3v) is 4.52. The summed E-state index contributed by atoms with van der Waals surface area (Å²) in [4.78, 5) is 16.4. The largest absolute Gasteiger partial charge is 0.392 e. The minimum atomic E-state index is -0.312. The third-order valence-electron chi connectivity index (χ3n) is 4.11. The van der Waals surface area contributed by atoms with Crippen molar-refractivity contribution in [2.75, 3.05) is 32.7 Å². The van der Waals surface area contributed by atoms with Crippen LogP contribution in [0, 0.1) is 6.92 Å². The normalized spacial score (nSPS) is 17.5. The first kappa shape index (κ1) is 17.3. The van der Waals surface area contributed by atoms with E-state index in [0.29, 0.717) is 13.0 Å². The molecule has 4 nitrogen and oxygen atoms in total. The maximum Gasteiger partial charge on any atom is 0.222 e. The molecule has 1 heterocycles. The van der Waals surface area contributed by atoms with Crippen molar-refractivity contribution in [3.8, 4) is 0 Å². The van der Waals surface area contributed by atoms with Crippen LogP contribution in [0.4, 0.5) is 0 Å². The van der Waals surface area contributed by atoms with E-state index in [0.717, 1.165) is 48.7 Å². The Bertz CT molecular complexity index is 511. The molecule has 1 aromatic carbocycles. The molecule has 5 heteroatoms. The number of benzene rings is 1. The Hall–Kier alpha value is -1.10. The van der Waals surface area contributed by atoms with Gasteiger partial charge in [-0.15, -0.1) is 0 Å². The number of β-amino-alcohol motifs (C(OH)–C–C–N with tert-alkyl or cyclic N) is 1. The van der Waals surface area contributed by atoms with Gasteiger partial charge >= 0.3 is 0 Å². The zero-order valence-corrected chi connectivity index (χ0v) is 14.1. The van der Waals surface area contributed by atoms with Crippen LogP contribution in [0.1, 0.15) is 24.5 Å². The Labute approximate surface area is 137 Å². The number of nitrogens with zero attached hydrogens (tertiary/aromatic N) is 2. The molecule has 0 aromatic heterocycles. The maximum atomic E-state index is 12.3. The highest BCUT2D eigenvalue weighted by Gasteiger charge is 2.21. The summed E-state index contributed by atoms with van der Waals surface area (Å²) < 4.78 is 0. The van der Waals surface area contributed by atoms with Crippen LogP contribution in [0.3, 0.4) is 0 Å². The van der Waals surface area contributed by atoms with E-state index in [-0.39, 0.29) is 12.0 Å². The molecule has 0 spiro atoms. The number of halogens is 1. The Kier molecular flexibility index (Phi) is 6.24. The van der Waals surface area contributed by atoms with Crippen LogP contribution in [-0.2, 0) is 11.2 Å². The van der Waals surface area contributed by atoms with Gasteiger partial charge in [-0.1, -0.05) is 23.7 Å². The van der Waals surface area contributed by atoms with E-state index in [1.54, 1.807) is 6.92 Å². The van der Waals surface area contributed by atoms with Gasteiger partial charge in [0.2, 0.25) is 5.91 Å². The molecule has 22 heavy (non-hydrogen) atoms. The number of amides is 1. The van der Waals surface area contributed by atoms with Crippen LogP contribution in [0.25, 0.3) is 0 Å². The first-order valence-electron chi connectivity index (χ1n) is 7.89. The quantitative estimate of drug-likeness (QED) is 0.902. The maximum absolute atomic E-state index is 12.3. The summed E-state index contributed by atoms with van der Waals surface area (Å²) in [7, 11) is 0. The van der Waals surface area contributed by atoms with Crippen LogP contribution in [0.5, 0.6) is 0 Å². The average molecular weight is 325 g/mol. The van der Waals surface area contributed by atoms with Crippen molar-refractivity contribution >= 4 is 17.5 Å². The van der Waals surface area contributed by atoms with Gasteiger partial charge in [0.15, 0.2) is 0 Å². The number of carbonyl (C=O) groups excluding carboxylic acids is 1. The molecule has 1 unspecified atom stereocenters. The monoisotopic (exact) mass is 324 g/mol. The van der Waals surface area contributed by atoms with Gasteiger partial charge in [-0.2, -0.15) is 0 Å². The first-order chi connectivity index (χ1) is 10.5. The second-order valence-corrected chi connectivity index (χ2v) is 6.52. The fourth-order valence-corrected chi connectivity index (χ4v) is 2.96. The topological polar surface area (TPSA) is 43.8 Å². The van der Waals surface area contributed by atoms with Crippen molar-refractivity contribution in [1.29, 1.82) is 0 Å². The highest BCUT2D eigenvalue weighted by Crippen LogP contribution is 2.18. The molecule has 1 N–H and O–H groups in total. The lowest BCUT2D eigenvalue weighted by atomic mass is 10.1. The molecule has 1 aliphatic rings. The molecule has 0 bridgehead atoms. The summed E-state index contributed by atoms with van der Waals surface area (Å²) in [6.07, 6.45) is 0.941. The van der Waals surface area contributed by atoms with Crippen molar-refractivity contribution < 1.29 is 9.90 Å². The third kappa shape index (κ3) is 4.97. The van der Waals surface area contributed by atoms with Gasteiger partial charge in [-0.25, -0.2) is 0 Å². The van der Waals surface area contributed by atoms with Crippen LogP contribution >= 0.6 is 11.6 Å². The number of aliphatic hydroxyl groups excluding tert-OH is 1. The molecule has 1 atom stereocenters. The van der Waals surface area contributed by atoms with E-state index in [1.807, 2.05) is 30.0 Å². The fourth-order valence-electron chi connectivity index (χ4n) is 2.75. The van der Waals surface area contributed by atoms with Crippen LogP contribution in [0.2, 0.25) is 5.02 Å². The average Bonchev–Trinajstić information content (AvgIpc) is 2.48. The molecule has 1 aliphatic heterocycles. The smallest absolute Gasteiger partial charge is 0.222 e. The van der Waals surface area contributed by atoms with Gasteiger partial charge in [0.25, 0.3) is 0 Å². The molecule has 1 amide bonds. The van der Waals surface area contributed by atoms with Crippen molar-refractivity contribution in [2.24, 2.45) is 0 Å². The number of aryl methyl sites for hydroxylation is 2.